The number of ether oxygens (including phenoxy) is 1. The zero-order valence-corrected chi connectivity index (χ0v) is 11.5. The van der Waals surface area contributed by atoms with Crippen LogP contribution in [0.4, 0.5) is 0 Å². The van der Waals surface area contributed by atoms with E-state index >= 15 is 0 Å². The Hall–Kier alpha value is -0.710. The van der Waals surface area contributed by atoms with Gasteiger partial charge in [-0.2, -0.15) is 0 Å². The van der Waals surface area contributed by atoms with Gasteiger partial charge < -0.3 is 9.84 Å². The highest BCUT2D eigenvalue weighted by atomic mass is 32.1. The molecular weight excluding hydrogens is 246 g/mol. The summed E-state index contributed by atoms with van der Waals surface area (Å²) in [6, 6.07) is 5.60. The molecule has 0 spiro atoms. The van der Waals surface area contributed by atoms with Crippen molar-refractivity contribution in [3.63, 3.8) is 0 Å². The number of benzene rings is 1. The van der Waals surface area contributed by atoms with E-state index in [-0.39, 0.29) is 0 Å². The highest BCUT2D eigenvalue weighted by Gasteiger charge is 2.09. The van der Waals surface area contributed by atoms with E-state index in [9.17, 15) is 5.11 Å². The lowest BCUT2D eigenvalue weighted by Gasteiger charge is -2.26. The van der Waals surface area contributed by atoms with E-state index in [1.54, 1.807) is 6.07 Å². The average molecular weight is 267 g/mol. The van der Waals surface area contributed by atoms with Gasteiger partial charge in [-0.05, 0) is 43.5 Å². The Bertz CT molecular complexity index is 378. The molecule has 0 amide bonds. The smallest absolute Gasteiger partial charge is 0.119 e. The number of nitrogens with zero attached hydrogens (tertiary/aromatic N) is 1. The molecule has 1 saturated heterocycles. The molecule has 100 valence electrons. The maximum atomic E-state index is 9.76. The molecular formula is C14H21NO2S. The molecule has 0 aromatic heterocycles. The molecule has 18 heavy (non-hydrogen) atoms. The number of hydrogen-bond acceptors (Lipinski definition) is 4. The molecule has 1 fully saturated rings. The molecule has 4 heteroatoms. The summed E-state index contributed by atoms with van der Waals surface area (Å²) in [6.45, 7) is 4.97. The Morgan fingerprint density at radius 3 is 2.72 bits per heavy atom. The van der Waals surface area contributed by atoms with Crippen LogP contribution in [0.2, 0.25) is 0 Å². The van der Waals surface area contributed by atoms with E-state index in [1.165, 1.54) is 6.42 Å². The van der Waals surface area contributed by atoms with Crippen LogP contribution in [-0.4, -0.2) is 42.9 Å². The first-order valence-corrected chi connectivity index (χ1v) is 7.01. The number of aryl methyl sites for hydroxylation is 1. The van der Waals surface area contributed by atoms with Crippen molar-refractivity contribution in [3.05, 3.63) is 23.8 Å². The number of phenols is 1. The van der Waals surface area contributed by atoms with Gasteiger partial charge in [-0.25, -0.2) is 0 Å². The van der Waals surface area contributed by atoms with Crippen molar-refractivity contribution in [2.75, 3.05) is 32.8 Å². The standard InChI is InChI=1S/C14H21NO2S/c16-14-11-13(18)5-4-12(14)3-1-2-6-15-7-9-17-10-8-15/h4-5,11,16,18H,1-3,6-10H2. The van der Waals surface area contributed by atoms with Crippen molar-refractivity contribution >= 4 is 12.6 Å². The van der Waals surface area contributed by atoms with E-state index in [0.29, 0.717) is 5.75 Å². The summed E-state index contributed by atoms with van der Waals surface area (Å²) in [5.41, 5.74) is 1.02. The number of unbranched alkanes of at least 4 members (excludes halogenated alkanes) is 1. The maximum Gasteiger partial charge on any atom is 0.119 e. The third kappa shape index (κ3) is 4.19. The van der Waals surface area contributed by atoms with Crippen LogP contribution in [0.25, 0.3) is 0 Å². The van der Waals surface area contributed by atoms with Crippen LogP contribution in [0.15, 0.2) is 23.1 Å². The third-order valence-corrected chi connectivity index (χ3v) is 3.62. The lowest BCUT2D eigenvalue weighted by Crippen LogP contribution is -2.36. The van der Waals surface area contributed by atoms with Gasteiger partial charge in [-0.15, -0.1) is 12.6 Å². The quantitative estimate of drug-likeness (QED) is 0.634. The Kier molecular flexibility index (Phi) is 5.35. The van der Waals surface area contributed by atoms with Crippen LogP contribution in [-0.2, 0) is 11.2 Å². The van der Waals surface area contributed by atoms with Gasteiger partial charge in [0.25, 0.3) is 0 Å². The Morgan fingerprint density at radius 1 is 1.22 bits per heavy atom. The summed E-state index contributed by atoms with van der Waals surface area (Å²) < 4.78 is 5.32. The molecule has 0 atom stereocenters. The molecule has 2 rings (SSSR count). The monoisotopic (exact) mass is 267 g/mol. The fourth-order valence-electron chi connectivity index (χ4n) is 2.24. The molecule has 0 radical (unpaired) electrons. The molecule has 0 unspecified atom stereocenters. The second kappa shape index (κ2) is 7.02. The van der Waals surface area contributed by atoms with Gasteiger partial charge >= 0.3 is 0 Å². The number of morpholine rings is 1. The molecule has 1 aromatic carbocycles. The first-order chi connectivity index (χ1) is 8.75. The van der Waals surface area contributed by atoms with Gasteiger partial charge in [0, 0.05) is 18.0 Å². The largest absolute Gasteiger partial charge is 0.508 e. The molecule has 1 heterocycles. The topological polar surface area (TPSA) is 32.7 Å². The second-order valence-corrected chi connectivity index (χ2v) is 5.24. The molecule has 0 saturated carbocycles. The molecule has 1 aromatic rings. The zero-order chi connectivity index (χ0) is 12.8. The number of thiol groups is 1. The average Bonchev–Trinajstić information content (AvgIpc) is 2.38. The predicted octanol–water partition coefficient (Wildman–Crippen LogP) is 2.34. The SMILES string of the molecule is Oc1cc(S)ccc1CCCCN1CCOCC1. The molecule has 1 N–H and O–H groups in total. The first kappa shape index (κ1) is 13.7. The van der Waals surface area contributed by atoms with E-state index < -0.39 is 0 Å². The van der Waals surface area contributed by atoms with Crippen LogP contribution >= 0.6 is 12.6 Å². The number of phenolic OH excluding ortho intramolecular Hbond substituents is 1. The minimum absolute atomic E-state index is 0.369. The van der Waals surface area contributed by atoms with E-state index in [0.717, 1.165) is 56.1 Å². The van der Waals surface area contributed by atoms with Gasteiger partial charge in [0.1, 0.15) is 5.75 Å². The Labute approximate surface area is 114 Å². The van der Waals surface area contributed by atoms with Gasteiger partial charge in [-0.1, -0.05) is 6.07 Å². The summed E-state index contributed by atoms with van der Waals surface area (Å²) in [5.74, 6) is 0.369. The third-order valence-electron chi connectivity index (χ3n) is 3.34. The fraction of sp³-hybridized carbons (Fsp3) is 0.571. The summed E-state index contributed by atoms with van der Waals surface area (Å²) in [5, 5.41) is 9.76. The predicted molar refractivity (Wildman–Crippen MR) is 75.6 cm³/mol. The molecule has 0 bridgehead atoms. The lowest BCUT2D eigenvalue weighted by molar-refractivity contribution is 0.0372. The van der Waals surface area contributed by atoms with Gasteiger partial charge in [0.2, 0.25) is 0 Å². The highest BCUT2D eigenvalue weighted by Crippen LogP contribution is 2.22. The van der Waals surface area contributed by atoms with Crippen LogP contribution in [0.3, 0.4) is 0 Å². The number of aromatic hydroxyl groups is 1. The fourth-order valence-corrected chi connectivity index (χ4v) is 2.44. The maximum absolute atomic E-state index is 9.76. The van der Waals surface area contributed by atoms with Crippen LogP contribution in [0.5, 0.6) is 5.75 Å². The van der Waals surface area contributed by atoms with Crippen molar-refractivity contribution < 1.29 is 9.84 Å². The van der Waals surface area contributed by atoms with Crippen molar-refractivity contribution in [3.8, 4) is 5.75 Å². The van der Waals surface area contributed by atoms with Crippen molar-refractivity contribution in [1.82, 2.24) is 4.90 Å². The molecule has 3 nitrogen and oxygen atoms in total. The van der Waals surface area contributed by atoms with Gasteiger partial charge in [-0.3, -0.25) is 4.90 Å². The van der Waals surface area contributed by atoms with Gasteiger partial charge in [0.05, 0.1) is 13.2 Å². The Morgan fingerprint density at radius 2 is 2.00 bits per heavy atom. The summed E-state index contributed by atoms with van der Waals surface area (Å²) >= 11 is 4.20. The van der Waals surface area contributed by atoms with Crippen molar-refractivity contribution in [2.24, 2.45) is 0 Å². The zero-order valence-electron chi connectivity index (χ0n) is 10.6. The number of rotatable bonds is 5. The normalized spacial score (nSPS) is 16.9. The second-order valence-electron chi connectivity index (χ2n) is 4.72. The van der Waals surface area contributed by atoms with E-state index in [2.05, 4.69) is 17.5 Å². The minimum atomic E-state index is 0.369. The van der Waals surface area contributed by atoms with Gasteiger partial charge in [0.15, 0.2) is 0 Å². The summed E-state index contributed by atoms with van der Waals surface area (Å²) in [4.78, 5) is 3.25. The minimum Gasteiger partial charge on any atom is -0.508 e. The van der Waals surface area contributed by atoms with E-state index in [4.69, 9.17) is 4.74 Å². The highest BCUT2D eigenvalue weighted by molar-refractivity contribution is 7.80. The first-order valence-electron chi connectivity index (χ1n) is 6.56. The summed E-state index contributed by atoms with van der Waals surface area (Å²) in [7, 11) is 0. The molecule has 0 aliphatic carbocycles. The van der Waals surface area contributed by atoms with Crippen molar-refractivity contribution in [1.29, 1.82) is 0 Å². The van der Waals surface area contributed by atoms with Crippen LogP contribution in [0.1, 0.15) is 18.4 Å². The number of hydrogen-bond donors (Lipinski definition) is 2. The van der Waals surface area contributed by atoms with Crippen molar-refractivity contribution in [2.45, 2.75) is 24.2 Å². The molecule has 1 aliphatic rings. The lowest BCUT2D eigenvalue weighted by atomic mass is 10.1. The Balaban J connectivity index is 1.68. The molecule has 1 aliphatic heterocycles. The summed E-state index contributed by atoms with van der Waals surface area (Å²) in [6.07, 6.45) is 3.21. The van der Waals surface area contributed by atoms with Crippen LogP contribution in [0, 0.1) is 0 Å². The van der Waals surface area contributed by atoms with E-state index in [1.807, 2.05) is 12.1 Å². The van der Waals surface area contributed by atoms with Crippen LogP contribution < -0.4 is 0 Å².